The predicted molar refractivity (Wildman–Crippen MR) is 81.7 cm³/mol. The maximum Gasteiger partial charge on any atom is 0.290 e. The van der Waals surface area contributed by atoms with Crippen molar-refractivity contribution >= 4 is 11.8 Å². The van der Waals surface area contributed by atoms with E-state index in [9.17, 15) is 9.59 Å². The molecule has 24 heavy (non-hydrogen) atoms. The minimum atomic E-state index is -0.534. The third-order valence-corrected chi connectivity index (χ3v) is 4.46. The van der Waals surface area contributed by atoms with Crippen LogP contribution in [0.5, 0.6) is 0 Å². The molecule has 0 radical (unpaired) electrons. The van der Waals surface area contributed by atoms with Gasteiger partial charge in [-0.05, 0) is 19.4 Å². The molecule has 2 aliphatic rings. The first-order chi connectivity index (χ1) is 11.6. The summed E-state index contributed by atoms with van der Waals surface area (Å²) in [5, 5.41) is 1.39. The summed E-state index contributed by atoms with van der Waals surface area (Å²) in [4.78, 5) is 36.7. The highest BCUT2D eigenvalue weighted by Crippen LogP contribution is 2.26. The van der Waals surface area contributed by atoms with Gasteiger partial charge in [-0.15, -0.1) is 0 Å². The average Bonchev–Trinajstić information content (AvgIpc) is 3.33. The van der Waals surface area contributed by atoms with Crippen molar-refractivity contribution in [1.82, 2.24) is 19.5 Å². The SMILES string of the molecule is Cc1ccoc1C(=O)N1Cc2cncn2[C@@H](C(=O)N2CCCO2)C1. The van der Waals surface area contributed by atoms with Crippen LogP contribution in [0.15, 0.2) is 29.3 Å². The Bertz CT molecular complexity index is 775. The number of furan rings is 1. The Morgan fingerprint density at radius 2 is 2.25 bits per heavy atom. The highest BCUT2D eigenvalue weighted by atomic mass is 16.7. The number of carbonyl (C=O) groups is 2. The number of amides is 2. The highest BCUT2D eigenvalue weighted by Gasteiger charge is 2.37. The first-order valence-corrected chi connectivity index (χ1v) is 7.93. The second-order valence-electron chi connectivity index (χ2n) is 6.05. The lowest BCUT2D eigenvalue weighted by Gasteiger charge is -2.34. The molecule has 1 atom stereocenters. The fourth-order valence-electron chi connectivity index (χ4n) is 3.17. The Morgan fingerprint density at radius 3 is 2.96 bits per heavy atom. The zero-order valence-corrected chi connectivity index (χ0v) is 13.3. The number of rotatable bonds is 2. The van der Waals surface area contributed by atoms with Crippen molar-refractivity contribution in [2.24, 2.45) is 0 Å². The zero-order chi connectivity index (χ0) is 16.7. The van der Waals surface area contributed by atoms with Gasteiger partial charge >= 0.3 is 0 Å². The van der Waals surface area contributed by atoms with Crippen molar-refractivity contribution in [3.63, 3.8) is 0 Å². The standard InChI is InChI=1S/C16H18N4O4/c1-11-3-6-23-14(11)16(22)18-8-12-7-17-10-19(12)13(9-18)15(21)20-4-2-5-24-20/h3,6-7,10,13H,2,4-5,8-9H2,1H3/t13-/m1/s1. The van der Waals surface area contributed by atoms with Gasteiger partial charge in [0.1, 0.15) is 6.04 Å². The molecule has 8 heteroatoms. The van der Waals surface area contributed by atoms with E-state index in [4.69, 9.17) is 9.25 Å². The van der Waals surface area contributed by atoms with Crippen LogP contribution in [0, 0.1) is 6.92 Å². The van der Waals surface area contributed by atoms with Crippen LogP contribution in [-0.2, 0) is 16.2 Å². The Morgan fingerprint density at radius 1 is 1.38 bits per heavy atom. The van der Waals surface area contributed by atoms with E-state index < -0.39 is 6.04 Å². The minimum absolute atomic E-state index is 0.152. The molecule has 1 fully saturated rings. The van der Waals surface area contributed by atoms with Crippen LogP contribution in [0.2, 0.25) is 0 Å². The van der Waals surface area contributed by atoms with E-state index in [0.29, 0.717) is 25.5 Å². The summed E-state index contributed by atoms with van der Waals surface area (Å²) in [6.07, 6.45) is 5.63. The van der Waals surface area contributed by atoms with Crippen LogP contribution in [-0.4, -0.2) is 51.0 Å². The second kappa shape index (κ2) is 5.79. The Balaban J connectivity index is 1.62. The van der Waals surface area contributed by atoms with E-state index in [1.165, 1.54) is 11.3 Å². The summed E-state index contributed by atoms with van der Waals surface area (Å²) < 4.78 is 7.13. The van der Waals surface area contributed by atoms with Gasteiger partial charge < -0.3 is 13.9 Å². The average molecular weight is 330 g/mol. The van der Waals surface area contributed by atoms with Crippen molar-refractivity contribution < 1.29 is 18.8 Å². The fourth-order valence-corrected chi connectivity index (χ4v) is 3.17. The number of hydrogen-bond acceptors (Lipinski definition) is 5. The number of carbonyl (C=O) groups excluding carboxylic acids is 2. The van der Waals surface area contributed by atoms with Gasteiger partial charge in [0.2, 0.25) is 0 Å². The molecule has 0 saturated carbocycles. The number of nitrogens with zero attached hydrogens (tertiary/aromatic N) is 4. The Kier molecular flexibility index (Phi) is 3.61. The molecule has 8 nitrogen and oxygen atoms in total. The topological polar surface area (TPSA) is 80.8 Å². The van der Waals surface area contributed by atoms with Crippen molar-refractivity contribution in [3.8, 4) is 0 Å². The summed E-state index contributed by atoms with van der Waals surface area (Å²) in [5.41, 5.74) is 1.60. The van der Waals surface area contributed by atoms with Crippen molar-refractivity contribution in [2.45, 2.75) is 25.9 Å². The van der Waals surface area contributed by atoms with Crippen LogP contribution in [0.4, 0.5) is 0 Å². The fraction of sp³-hybridized carbons (Fsp3) is 0.438. The smallest absolute Gasteiger partial charge is 0.290 e. The summed E-state index contributed by atoms with van der Waals surface area (Å²) in [7, 11) is 0. The summed E-state index contributed by atoms with van der Waals surface area (Å²) in [6.45, 7) is 3.60. The van der Waals surface area contributed by atoms with Gasteiger partial charge in [0, 0.05) is 11.8 Å². The van der Waals surface area contributed by atoms with Crippen molar-refractivity contribution in [1.29, 1.82) is 0 Å². The predicted octanol–water partition coefficient (Wildman–Crippen LogP) is 1.15. The molecular formula is C16H18N4O4. The molecule has 0 N–H and O–H groups in total. The maximum atomic E-state index is 12.8. The molecule has 2 aliphatic heterocycles. The molecule has 2 aromatic heterocycles. The molecule has 4 heterocycles. The molecule has 0 spiro atoms. The van der Waals surface area contributed by atoms with Gasteiger partial charge in [0.05, 0.1) is 44.5 Å². The van der Waals surface area contributed by atoms with E-state index in [2.05, 4.69) is 4.98 Å². The molecule has 0 aromatic carbocycles. The molecule has 1 saturated heterocycles. The van der Waals surface area contributed by atoms with Gasteiger partial charge in [0.15, 0.2) is 5.76 Å². The highest BCUT2D eigenvalue weighted by molar-refractivity contribution is 5.93. The van der Waals surface area contributed by atoms with Crippen LogP contribution >= 0.6 is 0 Å². The first kappa shape index (κ1) is 14.9. The number of hydroxylamine groups is 2. The molecule has 4 rings (SSSR count). The summed E-state index contributed by atoms with van der Waals surface area (Å²) in [5.74, 6) is -0.0582. The van der Waals surface area contributed by atoms with Crippen LogP contribution in [0.1, 0.15) is 34.3 Å². The van der Waals surface area contributed by atoms with Crippen LogP contribution < -0.4 is 0 Å². The third kappa shape index (κ3) is 2.39. The lowest BCUT2D eigenvalue weighted by atomic mass is 10.1. The van der Waals surface area contributed by atoms with Gasteiger partial charge in [-0.2, -0.15) is 0 Å². The summed E-state index contributed by atoms with van der Waals surface area (Å²) >= 11 is 0. The monoisotopic (exact) mass is 330 g/mol. The van der Waals surface area contributed by atoms with Crippen molar-refractivity contribution in [3.05, 3.63) is 41.9 Å². The first-order valence-electron chi connectivity index (χ1n) is 7.93. The van der Waals surface area contributed by atoms with E-state index in [-0.39, 0.29) is 18.4 Å². The van der Waals surface area contributed by atoms with E-state index in [1.807, 2.05) is 11.5 Å². The minimum Gasteiger partial charge on any atom is -0.459 e. The Labute approximate surface area is 138 Å². The largest absolute Gasteiger partial charge is 0.459 e. The second-order valence-corrected chi connectivity index (χ2v) is 6.05. The molecule has 126 valence electrons. The van der Waals surface area contributed by atoms with Crippen molar-refractivity contribution in [2.75, 3.05) is 19.7 Å². The lowest BCUT2D eigenvalue weighted by Crippen LogP contribution is -2.47. The summed E-state index contributed by atoms with van der Waals surface area (Å²) in [6, 6.07) is 1.22. The number of fused-ring (bicyclic) bond motifs is 1. The normalized spacial score (nSPS) is 20.3. The molecule has 2 amide bonds. The van der Waals surface area contributed by atoms with E-state index >= 15 is 0 Å². The van der Waals surface area contributed by atoms with Gasteiger partial charge in [-0.3, -0.25) is 14.4 Å². The van der Waals surface area contributed by atoms with E-state index in [0.717, 1.165) is 17.7 Å². The van der Waals surface area contributed by atoms with Gasteiger partial charge in [0.25, 0.3) is 11.8 Å². The Hall–Kier alpha value is -2.61. The molecule has 0 aliphatic carbocycles. The third-order valence-electron chi connectivity index (χ3n) is 4.46. The molecular weight excluding hydrogens is 312 g/mol. The van der Waals surface area contributed by atoms with Crippen LogP contribution in [0.3, 0.4) is 0 Å². The number of aryl methyl sites for hydroxylation is 1. The zero-order valence-electron chi connectivity index (χ0n) is 13.3. The number of imidazole rings is 1. The lowest BCUT2D eigenvalue weighted by molar-refractivity contribution is -0.173. The van der Waals surface area contributed by atoms with Gasteiger partial charge in [-0.1, -0.05) is 0 Å². The van der Waals surface area contributed by atoms with Crippen LogP contribution in [0.25, 0.3) is 0 Å². The number of aromatic nitrogens is 2. The molecule has 2 aromatic rings. The molecule has 0 bridgehead atoms. The molecule has 0 unspecified atom stereocenters. The van der Waals surface area contributed by atoms with E-state index in [1.54, 1.807) is 23.5 Å². The quantitative estimate of drug-likeness (QED) is 0.825. The van der Waals surface area contributed by atoms with Gasteiger partial charge in [-0.25, -0.2) is 10.0 Å². The maximum absolute atomic E-state index is 12.8. The number of hydrogen-bond donors (Lipinski definition) is 0.